The van der Waals surface area contributed by atoms with Gasteiger partial charge in [0.25, 0.3) is 5.88 Å². The largest absolute Gasteiger partial charge is 0.491 e. The predicted octanol–water partition coefficient (Wildman–Crippen LogP) is 4.36. The van der Waals surface area contributed by atoms with E-state index in [1.165, 1.54) is 23.2 Å². The van der Waals surface area contributed by atoms with Gasteiger partial charge in [-0.15, -0.1) is 0 Å². The number of benzene rings is 2. The van der Waals surface area contributed by atoms with Crippen LogP contribution in [-0.4, -0.2) is 68.6 Å². The molecule has 0 spiro atoms. The zero-order valence-electron chi connectivity index (χ0n) is 22.1. The highest BCUT2D eigenvalue weighted by Gasteiger charge is 2.30. The number of carbonyl (C=O) groups excluding carboxylic acids is 1. The third-order valence-corrected chi connectivity index (χ3v) is 5.43. The summed E-state index contributed by atoms with van der Waals surface area (Å²) in [6, 6.07) is 17.7. The molecule has 0 aliphatic rings. The van der Waals surface area contributed by atoms with E-state index in [0.29, 0.717) is 11.5 Å². The lowest BCUT2D eigenvalue weighted by atomic mass is 10.0. The van der Waals surface area contributed by atoms with Crippen molar-refractivity contribution in [1.82, 2.24) is 9.88 Å². The molecule has 0 radical (unpaired) electrons. The standard InChI is InChI=1S/C28H33N3O8/c1-28(2,3)39-27(34)30(17-22(33)19-37-23-8-5-4-6-9-23)21(18-32)16-20-11-13-24(14-12-20)38-26-25(31(35)36)10-7-15-29-26/h4-15,21-22,32-33H,16-19H2,1-3H3/t21-,22-/m0/s1. The first kappa shape index (κ1) is 29.3. The molecule has 2 atom stereocenters. The molecule has 3 rings (SSSR count). The molecule has 2 aromatic carbocycles. The number of nitrogens with zero attached hydrogens (tertiary/aromatic N) is 3. The first-order chi connectivity index (χ1) is 18.6. The number of carbonyl (C=O) groups is 1. The van der Waals surface area contributed by atoms with E-state index in [0.717, 1.165) is 5.56 Å². The van der Waals surface area contributed by atoms with Gasteiger partial charge in [-0.25, -0.2) is 9.78 Å². The van der Waals surface area contributed by atoms with Crippen molar-refractivity contribution in [1.29, 1.82) is 0 Å². The molecule has 0 unspecified atom stereocenters. The summed E-state index contributed by atoms with van der Waals surface area (Å²) in [4.78, 5) is 28.9. The number of para-hydroxylation sites is 1. The molecular formula is C28H33N3O8. The number of pyridine rings is 1. The van der Waals surface area contributed by atoms with E-state index >= 15 is 0 Å². The highest BCUT2D eigenvalue weighted by Crippen LogP contribution is 2.28. The second kappa shape index (κ2) is 13.5. The van der Waals surface area contributed by atoms with Gasteiger partial charge in [0.15, 0.2) is 0 Å². The Balaban J connectivity index is 1.71. The van der Waals surface area contributed by atoms with Gasteiger partial charge < -0.3 is 24.4 Å². The summed E-state index contributed by atoms with van der Waals surface area (Å²) < 4.78 is 16.7. The highest BCUT2D eigenvalue weighted by atomic mass is 16.6. The minimum Gasteiger partial charge on any atom is -0.491 e. The summed E-state index contributed by atoms with van der Waals surface area (Å²) in [6.45, 7) is 4.62. The fourth-order valence-electron chi connectivity index (χ4n) is 3.63. The summed E-state index contributed by atoms with van der Waals surface area (Å²) in [5, 5.41) is 32.1. The second-order valence-electron chi connectivity index (χ2n) is 9.78. The van der Waals surface area contributed by atoms with Crippen LogP contribution in [0.1, 0.15) is 26.3 Å². The van der Waals surface area contributed by atoms with Crippen molar-refractivity contribution in [2.45, 2.75) is 44.9 Å². The third-order valence-electron chi connectivity index (χ3n) is 5.43. The van der Waals surface area contributed by atoms with Crippen LogP contribution in [0.5, 0.6) is 17.4 Å². The van der Waals surface area contributed by atoms with Crippen LogP contribution in [0.3, 0.4) is 0 Å². The van der Waals surface area contributed by atoms with E-state index in [2.05, 4.69) is 4.98 Å². The molecule has 0 fully saturated rings. The molecule has 1 aromatic heterocycles. The number of aromatic nitrogens is 1. The number of aliphatic hydroxyl groups is 2. The number of ether oxygens (including phenoxy) is 3. The molecule has 2 N–H and O–H groups in total. The van der Waals surface area contributed by atoms with Gasteiger partial charge >= 0.3 is 11.8 Å². The normalized spacial score (nSPS) is 12.7. The van der Waals surface area contributed by atoms with Crippen LogP contribution in [0.4, 0.5) is 10.5 Å². The number of nitro groups is 1. The Labute approximate surface area is 226 Å². The molecule has 0 bridgehead atoms. The van der Waals surface area contributed by atoms with Gasteiger partial charge in [-0.2, -0.15) is 0 Å². The van der Waals surface area contributed by atoms with Gasteiger partial charge in [-0.05, 0) is 63.1 Å². The SMILES string of the molecule is CC(C)(C)OC(=O)N(C[C@H](O)COc1ccccc1)[C@H](CO)Cc1ccc(Oc2ncccc2[N+](=O)[O-])cc1. The van der Waals surface area contributed by atoms with E-state index in [1.807, 2.05) is 18.2 Å². The summed E-state index contributed by atoms with van der Waals surface area (Å²) in [7, 11) is 0. The van der Waals surface area contributed by atoms with Crippen molar-refractivity contribution in [2.24, 2.45) is 0 Å². The van der Waals surface area contributed by atoms with Gasteiger partial charge in [0, 0.05) is 12.3 Å². The van der Waals surface area contributed by atoms with E-state index in [1.54, 1.807) is 57.2 Å². The zero-order chi connectivity index (χ0) is 28.4. The molecule has 0 aliphatic heterocycles. The van der Waals surface area contributed by atoms with Crippen molar-refractivity contribution in [3.05, 3.63) is 88.6 Å². The van der Waals surface area contributed by atoms with Crippen LogP contribution >= 0.6 is 0 Å². The fourth-order valence-corrected chi connectivity index (χ4v) is 3.63. The smallest absolute Gasteiger partial charge is 0.410 e. The maximum atomic E-state index is 13.1. The van der Waals surface area contributed by atoms with Crippen LogP contribution in [0.25, 0.3) is 0 Å². The molecule has 208 valence electrons. The second-order valence-corrected chi connectivity index (χ2v) is 9.78. The molecule has 1 amide bonds. The number of hydrogen-bond donors (Lipinski definition) is 2. The summed E-state index contributed by atoms with van der Waals surface area (Å²) >= 11 is 0. The quantitative estimate of drug-likeness (QED) is 0.253. The molecule has 1 heterocycles. The molecule has 11 nitrogen and oxygen atoms in total. The first-order valence-electron chi connectivity index (χ1n) is 12.4. The van der Waals surface area contributed by atoms with Crippen LogP contribution in [0, 0.1) is 10.1 Å². The van der Waals surface area contributed by atoms with Gasteiger partial charge in [0.05, 0.1) is 24.1 Å². The van der Waals surface area contributed by atoms with Crippen molar-refractivity contribution in [2.75, 3.05) is 19.8 Å². The summed E-state index contributed by atoms with van der Waals surface area (Å²) in [6.07, 6.45) is -0.0847. The van der Waals surface area contributed by atoms with E-state index in [4.69, 9.17) is 14.2 Å². The molecule has 0 saturated heterocycles. The zero-order valence-corrected chi connectivity index (χ0v) is 22.1. The minimum absolute atomic E-state index is 0.0623. The van der Waals surface area contributed by atoms with Gasteiger partial charge in [-0.1, -0.05) is 30.3 Å². The fraction of sp³-hybridized carbons (Fsp3) is 0.357. The maximum Gasteiger partial charge on any atom is 0.410 e. The van der Waals surface area contributed by atoms with Crippen molar-refractivity contribution in [3.63, 3.8) is 0 Å². The molecule has 11 heteroatoms. The van der Waals surface area contributed by atoms with Crippen LogP contribution in [-0.2, 0) is 11.2 Å². The molecule has 0 saturated carbocycles. The predicted molar refractivity (Wildman–Crippen MR) is 143 cm³/mol. The number of amides is 1. The van der Waals surface area contributed by atoms with Crippen LogP contribution in [0.2, 0.25) is 0 Å². The summed E-state index contributed by atoms with van der Waals surface area (Å²) in [5.74, 6) is 0.780. The topological polar surface area (TPSA) is 144 Å². The Kier molecular flexibility index (Phi) is 10.2. The Morgan fingerprint density at radius 3 is 2.36 bits per heavy atom. The lowest BCUT2D eigenvalue weighted by Crippen LogP contribution is -2.50. The minimum atomic E-state index is -1.04. The van der Waals surface area contributed by atoms with E-state index in [-0.39, 0.29) is 37.7 Å². The average Bonchev–Trinajstić information content (AvgIpc) is 2.90. The molecular weight excluding hydrogens is 506 g/mol. The lowest BCUT2D eigenvalue weighted by molar-refractivity contribution is -0.386. The van der Waals surface area contributed by atoms with Crippen LogP contribution < -0.4 is 9.47 Å². The van der Waals surface area contributed by atoms with Crippen LogP contribution in [0.15, 0.2) is 72.9 Å². The van der Waals surface area contributed by atoms with Gasteiger partial charge in [0.2, 0.25) is 0 Å². The molecule has 0 aliphatic carbocycles. The van der Waals surface area contributed by atoms with Crippen molar-refractivity contribution >= 4 is 11.8 Å². The summed E-state index contributed by atoms with van der Waals surface area (Å²) in [5.41, 5.74) is -0.293. The van der Waals surface area contributed by atoms with E-state index < -0.39 is 28.8 Å². The first-order valence-corrected chi connectivity index (χ1v) is 12.4. The average molecular weight is 540 g/mol. The van der Waals surface area contributed by atoms with Gasteiger partial charge in [0.1, 0.15) is 29.8 Å². The number of aliphatic hydroxyl groups excluding tert-OH is 2. The molecule has 39 heavy (non-hydrogen) atoms. The Hall–Kier alpha value is -4.22. The monoisotopic (exact) mass is 539 g/mol. The van der Waals surface area contributed by atoms with Gasteiger partial charge in [-0.3, -0.25) is 15.0 Å². The number of hydrogen-bond acceptors (Lipinski definition) is 9. The lowest BCUT2D eigenvalue weighted by Gasteiger charge is -2.34. The maximum absolute atomic E-state index is 13.1. The molecule has 3 aromatic rings. The Morgan fingerprint density at radius 1 is 1.05 bits per heavy atom. The van der Waals surface area contributed by atoms with Crippen molar-refractivity contribution < 1.29 is 34.1 Å². The third kappa shape index (κ3) is 9.24. The Bertz CT molecular complexity index is 1220. The highest BCUT2D eigenvalue weighted by molar-refractivity contribution is 5.68. The number of rotatable bonds is 12. The Morgan fingerprint density at radius 2 is 1.74 bits per heavy atom. The van der Waals surface area contributed by atoms with Crippen molar-refractivity contribution in [3.8, 4) is 17.4 Å². The van der Waals surface area contributed by atoms with E-state index in [9.17, 15) is 25.1 Å².